The van der Waals surface area contributed by atoms with E-state index in [-0.39, 0.29) is 12.4 Å². The highest BCUT2D eigenvalue weighted by Gasteiger charge is 2.32. The van der Waals surface area contributed by atoms with E-state index in [1.807, 2.05) is 0 Å². The minimum Gasteiger partial charge on any atom is -0.493 e. The van der Waals surface area contributed by atoms with Gasteiger partial charge in [-0.05, 0) is 24.3 Å². The lowest BCUT2D eigenvalue weighted by molar-refractivity contribution is -0.274. The number of hydrogen-bond acceptors (Lipinski definition) is 5. The van der Waals surface area contributed by atoms with Gasteiger partial charge in [0.05, 0.1) is 30.0 Å². The van der Waals surface area contributed by atoms with E-state index in [0.29, 0.717) is 28.6 Å². The van der Waals surface area contributed by atoms with Crippen LogP contribution in [0.4, 0.5) is 28.4 Å². The van der Waals surface area contributed by atoms with Crippen molar-refractivity contribution in [3.8, 4) is 11.5 Å². The number of nitrogens with zero attached hydrogens (tertiary/aromatic N) is 2. The lowest BCUT2D eigenvalue weighted by atomic mass is 10.0. The summed E-state index contributed by atoms with van der Waals surface area (Å²) in [5.41, 5.74) is 1.16. The fraction of sp³-hybridized carbons (Fsp3) is 0.211. The maximum absolute atomic E-state index is 12.5. The Bertz CT molecular complexity index is 1160. The number of amides is 2. The van der Waals surface area contributed by atoms with Crippen molar-refractivity contribution in [1.29, 1.82) is 0 Å². The van der Waals surface area contributed by atoms with Crippen molar-refractivity contribution in [3.63, 3.8) is 0 Å². The van der Waals surface area contributed by atoms with Crippen molar-refractivity contribution in [2.24, 2.45) is 0 Å². The molecule has 4 rings (SSSR count). The maximum Gasteiger partial charge on any atom is 0.573 e. The van der Waals surface area contributed by atoms with Crippen LogP contribution in [0.5, 0.6) is 11.5 Å². The van der Waals surface area contributed by atoms with Crippen molar-refractivity contribution in [2.75, 3.05) is 11.9 Å². The van der Waals surface area contributed by atoms with Crippen LogP contribution in [0.3, 0.4) is 0 Å². The number of fused-ring (bicyclic) bond motifs is 2. The SMILES string of the molecule is O=C(Nc1cccc2c1cnn2C(=O)O)NC1CCOc2cc(OC(F)(F)F)ccc21. The molecule has 0 saturated carbocycles. The topological polar surface area (TPSA) is 115 Å². The molecule has 0 saturated heterocycles. The zero-order valence-corrected chi connectivity index (χ0v) is 15.6. The summed E-state index contributed by atoms with van der Waals surface area (Å²) < 4.78 is 47.3. The maximum atomic E-state index is 12.5. The molecule has 0 fully saturated rings. The normalized spacial score (nSPS) is 15.6. The first-order valence-corrected chi connectivity index (χ1v) is 9.01. The fourth-order valence-electron chi connectivity index (χ4n) is 3.35. The summed E-state index contributed by atoms with van der Waals surface area (Å²) in [6.45, 7) is 0.189. The number of alkyl halides is 3. The third-order valence-electron chi connectivity index (χ3n) is 4.61. The fourth-order valence-corrected chi connectivity index (χ4v) is 3.35. The molecule has 2 amide bonds. The van der Waals surface area contributed by atoms with E-state index < -0.39 is 30.3 Å². The van der Waals surface area contributed by atoms with Crippen molar-refractivity contribution in [3.05, 3.63) is 48.2 Å². The van der Waals surface area contributed by atoms with Crippen LogP contribution in [0.15, 0.2) is 42.6 Å². The quantitative estimate of drug-likeness (QED) is 0.569. The number of hydrogen-bond donors (Lipinski definition) is 3. The molecule has 12 heteroatoms. The lowest BCUT2D eigenvalue weighted by Gasteiger charge is -2.27. The van der Waals surface area contributed by atoms with Crippen LogP contribution in [0, 0.1) is 0 Å². The summed E-state index contributed by atoms with van der Waals surface area (Å²) in [4.78, 5) is 23.8. The van der Waals surface area contributed by atoms with Gasteiger partial charge in [-0.2, -0.15) is 9.78 Å². The molecule has 31 heavy (non-hydrogen) atoms. The van der Waals surface area contributed by atoms with Gasteiger partial charge in [-0.3, -0.25) is 0 Å². The van der Waals surface area contributed by atoms with Gasteiger partial charge in [0.1, 0.15) is 11.5 Å². The lowest BCUT2D eigenvalue weighted by Crippen LogP contribution is -2.35. The summed E-state index contributed by atoms with van der Waals surface area (Å²) in [6, 6.07) is 7.30. The number of halogens is 3. The largest absolute Gasteiger partial charge is 0.573 e. The predicted molar refractivity (Wildman–Crippen MR) is 101 cm³/mol. The van der Waals surface area contributed by atoms with E-state index in [1.165, 1.54) is 12.3 Å². The molecular formula is C19H15F3N4O5. The number of urea groups is 1. The van der Waals surface area contributed by atoms with E-state index in [0.717, 1.165) is 16.8 Å². The molecule has 0 spiro atoms. The molecule has 1 aliphatic heterocycles. The van der Waals surface area contributed by atoms with Crippen LogP contribution in [-0.4, -0.2) is 40.0 Å². The molecule has 2 heterocycles. The predicted octanol–water partition coefficient (Wildman–Crippen LogP) is 4.11. The Morgan fingerprint density at radius 3 is 2.81 bits per heavy atom. The van der Waals surface area contributed by atoms with Crippen molar-refractivity contribution >= 4 is 28.7 Å². The Hall–Kier alpha value is -3.96. The van der Waals surface area contributed by atoms with Gasteiger partial charge in [-0.1, -0.05) is 6.07 Å². The molecule has 3 N–H and O–H groups in total. The third kappa shape index (κ3) is 4.32. The minimum atomic E-state index is -4.82. The Kier molecular flexibility index (Phi) is 5.05. The van der Waals surface area contributed by atoms with E-state index in [2.05, 4.69) is 20.5 Å². The summed E-state index contributed by atoms with van der Waals surface area (Å²) in [5.74, 6) is -0.235. The average Bonchev–Trinajstić information content (AvgIpc) is 3.12. The first-order valence-electron chi connectivity index (χ1n) is 9.01. The molecular weight excluding hydrogens is 421 g/mol. The van der Waals surface area contributed by atoms with Crippen molar-refractivity contribution < 1.29 is 37.3 Å². The Morgan fingerprint density at radius 1 is 1.26 bits per heavy atom. The first-order chi connectivity index (χ1) is 14.7. The number of rotatable bonds is 3. The Labute approximate surface area is 172 Å². The number of carboxylic acid groups (broad SMARTS) is 1. The highest BCUT2D eigenvalue weighted by molar-refractivity contribution is 6.02. The summed E-state index contributed by atoms with van der Waals surface area (Å²) in [6.07, 6.45) is -4.36. The average molecular weight is 436 g/mol. The second kappa shape index (κ2) is 7.70. The highest BCUT2D eigenvalue weighted by Crippen LogP contribution is 2.36. The number of nitrogens with one attached hydrogen (secondary N) is 2. The van der Waals surface area contributed by atoms with Gasteiger partial charge >= 0.3 is 18.5 Å². The van der Waals surface area contributed by atoms with E-state index in [9.17, 15) is 22.8 Å². The van der Waals surface area contributed by atoms with Crippen LogP contribution in [0.2, 0.25) is 0 Å². The molecule has 2 aromatic carbocycles. The zero-order chi connectivity index (χ0) is 22.2. The number of aromatic nitrogens is 2. The van der Waals surface area contributed by atoms with Gasteiger partial charge in [-0.25, -0.2) is 9.59 Å². The van der Waals surface area contributed by atoms with Crippen LogP contribution >= 0.6 is 0 Å². The molecule has 3 aromatic rings. The molecule has 0 radical (unpaired) electrons. The number of anilines is 1. The first kappa shape index (κ1) is 20.3. The van der Waals surface area contributed by atoms with Crippen molar-refractivity contribution in [2.45, 2.75) is 18.8 Å². The van der Waals surface area contributed by atoms with Crippen LogP contribution < -0.4 is 20.1 Å². The van der Waals surface area contributed by atoms with E-state index in [1.54, 1.807) is 18.2 Å². The van der Waals surface area contributed by atoms with E-state index in [4.69, 9.17) is 9.84 Å². The van der Waals surface area contributed by atoms with Crippen LogP contribution in [-0.2, 0) is 0 Å². The second-order valence-corrected chi connectivity index (χ2v) is 6.61. The molecule has 0 bridgehead atoms. The van der Waals surface area contributed by atoms with Gasteiger partial charge in [0, 0.05) is 23.4 Å². The molecule has 9 nitrogen and oxygen atoms in total. The minimum absolute atomic E-state index is 0.183. The van der Waals surface area contributed by atoms with Gasteiger partial charge in [0.25, 0.3) is 0 Å². The molecule has 1 unspecified atom stereocenters. The molecule has 1 aromatic heterocycles. The molecule has 1 aliphatic rings. The zero-order valence-electron chi connectivity index (χ0n) is 15.6. The Morgan fingerprint density at radius 2 is 2.06 bits per heavy atom. The molecule has 1 atom stereocenters. The summed E-state index contributed by atoms with van der Waals surface area (Å²) in [7, 11) is 0. The standard InChI is InChI=1S/C19H15F3N4O5/c20-19(21,22)31-10-4-5-11-14(6-7-30-16(11)8-10)25-17(27)24-13-2-1-3-15-12(13)9-23-26(15)18(28)29/h1-5,8-9,14H,6-7H2,(H,28,29)(H2,24,25,27). The van der Waals surface area contributed by atoms with Crippen LogP contribution in [0.25, 0.3) is 10.9 Å². The van der Waals surface area contributed by atoms with Gasteiger partial charge in [-0.15, -0.1) is 13.2 Å². The number of ether oxygens (including phenoxy) is 2. The molecule has 162 valence electrons. The smallest absolute Gasteiger partial charge is 0.493 e. The number of carbonyl (C=O) groups is 2. The van der Waals surface area contributed by atoms with Gasteiger partial charge in [0.15, 0.2) is 0 Å². The van der Waals surface area contributed by atoms with Crippen LogP contribution in [0.1, 0.15) is 18.0 Å². The summed E-state index contributed by atoms with van der Waals surface area (Å²) >= 11 is 0. The number of carbonyl (C=O) groups excluding carboxylic acids is 1. The van der Waals surface area contributed by atoms with E-state index >= 15 is 0 Å². The second-order valence-electron chi connectivity index (χ2n) is 6.61. The van der Waals surface area contributed by atoms with Gasteiger partial charge < -0.3 is 25.2 Å². The monoisotopic (exact) mass is 436 g/mol. The molecule has 0 aliphatic carbocycles. The Balaban J connectivity index is 1.50. The highest BCUT2D eigenvalue weighted by atomic mass is 19.4. The van der Waals surface area contributed by atoms with Gasteiger partial charge in [0.2, 0.25) is 0 Å². The third-order valence-corrected chi connectivity index (χ3v) is 4.61. The van der Waals surface area contributed by atoms with Crippen molar-refractivity contribution in [1.82, 2.24) is 15.1 Å². The summed E-state index contributed by atoms with van der Waals surface area (Å²) in [5, 5.41) is 18.8. The number of benzene rings is 2.